The summed E-state index contributed by atoms with van der Waals surface area (Å²) in [6.07, 6.45) is 0.425. The van der Waals surface area contributed by atoms with Crippen molar-refractivity contribution in [3.05, 3.63) is 24.3 Å². The lowest BCUT2D eigenvalue weighted by Crippen LogP contribution is -2.41. The Hall–Kier alpha value is -1.38. The van der Waals surface area contributed by atoms with Gasteiger partial charge in [-0.1, -0.05) is 0 Å². The lowest BCUT2D eigenvalue weighted by molar-refractivity contribution is -0.118. The van der Waals surface area contributed by atoms with E-state index in [1.807, 2.05) is 7.05 Å². The van der Waals surface area contributed by atoms with Crippen LogP contribution in [0.3, 0.4) is 0 Å². The highest BCUT2D eigenvalue weighted by molar-refractivity contribution is 5.93. The summed E-state index contributed by atoms with van der Waals surface area (Å²) in [4.78, 5) is 25.7. The van der Waals surface area contributed by atoms with Crippen molar-refractivity contribution in [2.24, 2.45) is 0 Å². The summed E-state index contributed by atoms with van der Waals surface area (Å²) >= 11 is 0. The van der Waals surface area contributed by atoms with Gasteiger partial charge in [0.25, 0.3) is 0 Å². The SMILES string of the molecule is CNCCC(=O)Nc1ccc(NC(=O)CN2CCOCC2)cc1.Cl.Cl. The molecule has 2 rings (SSSR count). The molecule has 7 nitrogen and oxygen atoms in total. The average molecular weight is 393 g/mol. The highest BCUT2D eigenvalue weighted by atomic mass is 35.5. The van der Waals surface area contributed by atoms with Crippen LogP contribution in [-0.2, 0) is 14.3 Å². The molecule has 25 heavy (non-hydrogen) atoms. The molecule has 0 unspecified atom stereocenters. The molecule has 0 atom stereocenters. The third-order valence-electron chi connectivity index (χ3n) is 3.53. The van der Waals surface area contributed by atoms with Gasteiger partial charge in [-0.2, -0.15) is 0 Å². The van der Waals surface area contributed by atoms with E-state index in [0.717, 1.165) is 24.5 Å². The zero-order chi connectivity index (χ0) is 16.5. The number of benzene rings is 1. The zero-order valence-electron chi connectivity index (χ0n) is 14.2. The van der Waals surface area contributed by atoms with Crippen molar-refractivity contribution >= 4 is 48.0 Å². The number of amides is 2. The summed E-state index contributed by atoms with van der Waals surface area (Å²) in [5, 5.41) is 8.60. The highest BCUT2D eigenvalue weighted by Crippen LogP contribution is 2.14. The predicted molar refractivity (Wildman–Crippen MR) is 104 cm³/mol. The van der Waals surface area contributed by atoms with Gasteiger partial charge in [-0.3, -0.25) is 14.5 Å². The molecule has 0 aliphatic carbocycles. The number of anilines is 2. The van der Waals surface area contributed by atoms with Crippen molar-refractivity contribution in [3.63, 3.8) is 0 Å². The quantitative estimate of drug-likeness (QED) is 0.652. The van der Waals surface area contributed by atoms with Crippen LogP contribution in [0.25, 0.3) is 0 Å². The average Bonchev–Trinajstić information content (AvgIpc) is 2.55. The second-order valence-corrected chi connectivity index (χ2v) is 5.42. The van der Waals surface area contributed by atoms with Crippen LogP contribution in [0.4, 0.5) is 11.4 Å². The van der Waals surface area contributed by atoms with Crippen LogP contribution in [0.5, 0.6) is 0 Å². The predicted octanol–water partition coefficient (Wildman–Crippen LogP) is 1.35. The Morgan fingerprint density at radius 3 is 2.04 bits per heavy atom. The Balaban J connectivity index is 0.00000288. The molecule has 3 N–H and O–H groups in total. The molecule has 9 heteroatoms. The minimum absolute atomic E-state index is 0. The maximum Gasteiger partial charge on any atom is 0.238 e. The van der Waals surface area contributed by atoms with E-state index in [0.29, 0.717) is 32.7 Å². The molecule has 0 saturated carbocycles. The van der Waals surface area contributed by atoms with Crippen molar-refractivity contribution in [1.29, 1.82) is 0 Å². The monoisotopic (exact) mass is 392 g/mol. The number of rotatable bonds is 7. The summed E-state index contributed by atoms with van der Waals surface area (Å²) in [6, 6.07) is 7.12. The molecular formula is C16H26Cl2N4O3. The first kappa shape index (κ1) is 23.6. The van der Waals surface area contributed by atoms with Crippen molar-refractivity contribution in [3.8, 4) is 0 Å². The number of nitrogens with zero attached hydrogens (tertiary/aromatic N) is 1. The number of ether oxygens (including phenoxy) is 1. The van der Waals surface area contributed by atoms with Crippen LogP contribution in [0.1, 0.15) is 6.42 Å². The summed E-state index contributed by atoms with van der Waals surface area (Å²) in [6.45, 7) is 3.92. The van der Waals surface area contributed by atoms with Gasteiger partial charge in [0.15, 0.2) is 0 Å². The fourth-order valence-corrected chi connectivity index (χ4v) is 2.26. The van der Waals surface area contributed by atoms with Crippen molar-refractivity contribution in [2.45, 2.75) is 6.42 Å². The molecule has 2 amide bonds. The third kappa shape index (κ3) is 9.04. The summed E-state index contributed by atoms with van der Waals surface area (Å²) in [5.74, 6) is -0.0823. The molecule has 0 radical (unpaired) electrons. The molecule has 1 saturated heterocycles. The lowest BCUT2D eigenvalue weighted by Gasteiger charge is -2.25. The van der Waals surface area contributed by atoms with Gasteiger partial charge in [-0.15, -0.1) is 24.8 Å². The second-order valence-electron chi connectivity index (χ2n) is 5.42. The Kier molecular flexibility index (Phi) is 12.2. The number of carbonyl (C=O) groups excluding carboxylic acids is 2. The molecule has 1 fully saturated rings. The second kappa shape index (κ2) is 12.9. The number of halogens is 2. The van der Waals surface area contributed by atoms with Crippen molar-refractivity contribution < 1.29 is 14.3 Å². The molecule has 1 aromatic rings. The normalized spacial score (nSPS) is 14.0. The van der Waals surface area contributed by atoms with Crippen LogP contribution >= 0.6 is 24.8 Å². The Morgan fingerprint density at radius 1 is 1.00 bits per heavy atom. The highest BCUT2D eigenvalue weighted by Gasteiger charge is 2.14. The summed E-state index contributed by atoms with van der Waals surface area (Å²) in [5.41, 5.74) is 1.44. The molecule has 1 aliphatic heterocycles. The fraction of sp³-hybridized carbons (Fsp3) is 0.500. The molecule has 0 spiro atoms. The molecule has 0 aromatic heterocycles. The van der Waals surface area contributed by atoms with Crippen LogP contribution in [0.2, 0.25) is 0 Å². The molecular weight excluding hydrogens is 367 g/mol. The van der Waals surface area contributed by atoms with E-state index in [1.54, 1.807) is 24.3 Å². The summed E-state index contributed by atoms with van der Waals surface area (Å²) < 4.78 is 5.26. The largest absolute Gasteiger partial charge is 0.379 e. The number of hydrogen-bond donors (Lipinski definition) is 3. The Morgan fingerprint density at radius 2 is 1.52 bits per heavy atom. The van der Waals surface area contributed by atoms with E-state index in [9.17, 15) is 9.59 Å². The molecule has 1 heterocycles. The van der Waals surface area contributed by atoms with Crippen LogP contribution in [0.15, 0.2) is 24.3 Å². The number of nitrogens with one attached hydrogen (secondary N) is 3. The first-order valence-electron chi connectivity index (χ1n) is 7.82. The molecule has 1 aromatic carbocycles. The van der Waals surface area contributed by atoms with Crippen LogP contribution in [0, 0.1) is 0 Å². The van der Waals surface area contributed by atoms with Gasteiger partial charge in [0.2, 0.25) is 11.8 Å². The van der Waals surface area contributed by atoms with E-state index < -0.39 is 0 Å². The lowest BCUT2D eigenvalue weighted by atomic mass is 10.2. The Labute approximate surface area is 160 Å². The standard InChI is InChI=1S/C16H24N4O3.2ClH/c1-17-7-6-15(21)18-13-2-4-14(5-3-13)19-16(22)12-20-8-10-23-11-9-20;;/h2-5,17H,6-12H2,1H3,(H,18,21)(H,19,22);2*1H. The maximum atomic E-state index is 12.0. The molecule has 0 bridgehead atoms. The van der Waals surface area contributed by atoms with Gasteiger partial charge in [-0.05, 0) is 31.3 Å². The number of hydrogen-bond acceptors (Lipinski definition) is 5. The van der Waals surface area contributed by atoms with Crippen LogP contribution in [-0.4, -0.2) is 63.2 Å². The Bertz CT molecular complexity index is 523. The van der Waals surface area contributed by atoms with E-state index in [-0.39, 0.29) is 36.6 Å². The minimum Gasteiger partial charge on any atom is -0.379 e. The summed E-state index contributed by atoms with van der Waals surface area (Å²) in [7, 11) is 1.81. The number of morpholine rings is 1. The topological polar surface area (TPSA) is 82.7 Å². The van der Waals surface area contributed by atoms with Crippen LogP contribution < -0.4 is 16.0 Å². The fourth-order valence-electron chi connectivity index (χ4n) is 2.26. The zero-order valence-corrected chi connectivity index (χ0v) is 15.9. The van der Waals surface area contributed by atoms with Crippen molar-refractivity contribution in [2.75, 3.05) is 57.1 Å². The van der Waals surface area contributed by atoms with Gasteiger partial charge >= 0.3 is 0 Å². The van der Waals surface area contributed by atoms with E-state index in [2.05, 4.69) is 20.9 Å². The van der Waals surface area contributed by atoms with Gasteiger partial charge in [-0.25, -0.2) is 0 Å². The van der Waals surface area contributed by atoms with E-state index in [1.165, 1.54) is 0 Å². The van der Waals surface area contributed by atoms with Gasteiger partial charge < -0.3 is 20.7 Å². The smallest absolute Gasteiger partial charge is 0.238 e. The minimum atomic E-state index is -0.0438. The van der Waals surface area contributed by atoms with Gasteiger partial charge in [0.05, 0.1) is 19.8 Å². The van der Waals surface area contributed by atoms with Gasteiger partial charge in [0.1, 0.15) is 0 Å². The van der Waals surface area contributed by atoms with E-state index in [4.69, 9.17) is 4.74 Å². The first-order valence-corrected chi connectivity index (χ1v) is 7.82. The molecule has 1 aliphatic rings. The van der Waals surface area contributed by atoms with Gasteiger partial charge in [0, 0.05) is 37.4 Å². The third-order valence-corrected chi connectivity index (χ3v) is 3.53. The number of carbonyl (C=O) groups is 2. The first-order chi connectivity index (χ1) is 11.2. The van der Waals surface area contributed by atoms with Crippen molar-refractivity contribution in [1.82, 2.24) is 10.2 Å². The maximum absolute atomic E-state index is 12.0. The molecule has 142 valence electrons. The van der Waals surface area contributed by atoms with E-state index >= 15 is 0 Å².